The molecule has 0 aromatic heterocycles. The molecular formula is C15H31Cl2N3O2. The molecule has 0 bridgehead atoms. The Balaban J connectivity index is 0.00000220. The van der Waals surface area contributed by atoms with Crippen LogP contribution in [0.2, 0.25) is 0 Å². The van der Waals surface area contributed by atoms with Gasteiger partial charge in [-0.05, 0) is 32.9 Å². The molecule has 5 nitrogen and oxygen atoms in total. The molecule has 1 saturated heterocycles. The molecule has 0 spiro atoms. The third-order valence-electron chi connectivity index (χ3n) is 4.83. The number of hydrogen-bond acceptors (Lipinski definition) is 4. The summed E-state index contributed by atoms with van der Waals surface area (Å²) in [7, 11) is 4.26. The molecule has 0 aromatic carbocycles. The summed E-state index contributed by atoms with van der Waals surface area (Å²) in [5, 5.41) is 6.32. The molecule has 0 aromatic rings. The van der Waals surface area contributed by atoms with Crippen LogP contribution in [-0.2, 0) is 9.53 Å². The number of rotatable bonds is 4. The van der Waals surface area contributed by atoms with Gasteiger partial charge >= 0.3 is 0 Å². The van der Waals surface area contributed by atoms with E-state index in [1.54, 1.807) is 0 Å². The lowest BCUT2D eigenvalue weighted by molar-refractivity contribution is -0.135. The number of ether oxygens (including phenoxy) is 1. The van der Waals surface area contributed by atoms with Crippen molar-refractivity contribution < 1.29 is 9.53 Å². The highest BCUT2D eigenvalue weighted by molar-refractivity contribution is 5.85. The van der Waals surface area contributed by atoms with Crippen molar-refractivity contribution in [3.63, 3.8) is 0 Å². The van der Waals surface area contributed by atoms with E-state index in [0.717, 1.165) is 31.8 Å². The van der Waals surface area contributed by atoms with Gasteiger partial charge in [-0.15, -0.1) is 24.8 Å². The summed E-state index contributed by atoms with van der Waals surface area (Å²) in [6, 6.07) is 0. The Hall–Kier alpha value is -0.0700. The fourth-order valence-electron chi connectivity index (χ4n) is 3.46. The van der Waals surface area contributed by atoms with E-state index in [-0.39, 0.29) is 42.4 Å². The number of carbonyl (C=O) groups is 1. The van der Waals surface area contributed by atoms with Crippen LogP contribution < -0.4 is 10.6 Å². The summed E-state index contributed by atoms with van der Waals surface area (Å²) >= 11 is 0. The zero-order valence-corrected chi connectivity index (χ0v) is 15.5. The van der Waals surface area contributed by atoms with Gasteiger partial charge in [-0.3, -0.25) is 4.79 Å². The standard InChI is InChI=1S/C15H29N3O2.2ClH/c1-12-5-4-6-15(9-12,18(2)3)11-17-14(19)13-10-16-7-8-20-13;;/h12-13,16H,4-11H2,1-3H3,(H,17,19);2*1H. The van der Waals surface area contributed by atoms with Crippen LogP contribution in [0.5, 0.6) is 0 Å². The molecule has 2 rings (SSSR count). The first-order chi connectivity index (χ1) is 9.53. The van der Waals surface area contributed by atoms with E-state index < -0.39 is 0 Å². The van der Waals surface area contributed by atoms with Crippen molar-refractivity contribution in [1.29, 1.82) is 0 Å². The first-order valence-electron chi connectivity index (χ1n) is 7.81. The molecule has 1 heterocycles. The van der Waals surface area contributed by atoms with Gasteiger partial charge in [-0.1, -0.05) is 19.8 Å². The topological polar surface area (TPSA) is 53.6 Å². The monoisotopic (exact) mass is 355 g/mol. The van der Waals surface area contributed by atoms with Crippen molar-refractivity contribution in [2.75, 3.05) is 40.3 Å². The summed E-state index contributed by atoms with van der Waals surface area (Å²) in [5.41, 5.74) is 0.107. The van der Waals surface area contributed by atoms with Gasteiger partial charge in [-0.2, -0.15) is 0 Å². The van der Waals surface area contributed by atoms with E-state index in [0.29, 0.717) is 13.2 Å². The first kappa shape index (κ1) is 21.9. The largest absolute Gasteiger partial charge is 0.366 e. The zero-order chi connectivity index (χ0) is 14.6. The first-order valence-corrected chi connectivity index (χ1v) is 7.81. The molecule has 1 aliphatic carbocycles. The average Bonchev–Trinajstić information content (AvgIpc) is 2.45. The molecule has 1 saturated carbocycles. The molecule has 132 valence electrons. The molecule has 1 aliphatic heterocycles. The van der Waals surface area contributed by atoms with Crippen LogP contribution in [-0.4, -0.2) is 62.8 Å². The van der Waals surface area contributed by atoms with Crippen LogP contribution in [0.15, 0.2) is 0 Å². The normalized spacial score (nSPS) is 31.8. The van der Waals surface area contributed by atoms with Crippen molar-refractivity contribution in [3.8, 4) is 0 Å². The van der Waals surface area contributed by atoms with Crippen LogP contribution >= 0.6 is 24.8 Å². The number of nitrogens with zero attached hydrogens (tertiary/aromatic N) is 1. The van der Waals surface area contributed by atoms with E-state index in [9.17, 15) is 4.79 Å². The molecule has 0 radical (unpaired) electrons. The molecule has 2 fully saturated rings. The Bertz CT molecular complexity index is 339. The molecular weight excluding hydrogens is 325 g/mol. The van der Waals surface area contributed by atoms with Crippen molar-refractivity contribution in [3.05, 3.63) is 0 Å². The summed E-state index contributed by atoms with van der Waals surface area (Å²) in [6.45, 7) is 5.12. The molecule has 2 aliphatic rings. The molecule has 3 unspecified atom stereocenters. The van der Waals surface area contributed by atoms with Crippen LogP contribution in [0.25, 0.3) is 0 Å². The van der Waals surface area contributed by atoms with Gasteiger partial charge in [0.2, 0.25) is 0 Å². The Morgan fingerprint density at radius 2 is 2.14 bits per heavy atom. The number of nitrogens with one attached hydrogen (secondary N) is 2. The fraction of sp³-hybridized carbons (Fsp3) is 0.933. The molecule has 2 N–H and O–H groups in total. The lowest BCUT2D eigenvalue weighted by Crippen LogP contribution is -2.57. The second kappa shape index (κ2) is 9.93. The Kier molecular flexibility index (Phi) is 9.90. The molecule has 1 amide bonds. The van der Waals surface area contributed by atoms with Crippen LogP contribution in [0.4, 0.5) is 0 Å². The maximum Gasteiger partial charge on any atom is 0.250 e. The van der Waals surface area contributed by atoms with Crippen molar-refractivity contribution in [2.45, 2.75) is 44.2 Å². The van der Waals surface area contributed by atoms with Gasteiger partial charge < -0.3 is 20.3 Å². The second-order valence-corrected chi connectivity index (χ2v) is 6.60. The predicted octanol–water partition coefficient (Wildman–Crippen LogP) is 1.45. The quantitative estimate of drug-likeness (QED) is 0.801. The Labute approximate surface area is 146 Å². The highest BCUT2D eigenvalue weighted by Crippen LogP contribution is 2.35. The minimum Gasteiger partial charge on any atom is -0.366 e. The van der Waals surface area contributed by atoms with E-state index >= 15 is 0 Å². The van der Waals surface area contributed by atoms with Gasteiger partial charge in [0.1, 0.15) is 6.10 Å². The minimum absolute atomic E-state index is 0. The van der Waals surface area contributed by atoms with Gasteiger partial charge in [-0.25, -0.2) is 0 Å². The maximum atomic E-state index is 12.2. The van der Waals surface area contributed by atoms with Gasteiger partial charge in [0.05, 0.1) is 6.61 Å². The highest BCUT2D eigenvalue weighted by atomic mass is 35.5. The van der Waals surface area contributed by atoms with Gasteiger partial charge in [0.25, 0.3) is 5.91 Å². The van der Waals surface area contributed by atoms with Gasteiger partial charge in [0, 0.05) is 25.2 Å². The lowest BCUT2D eigenvalue weighted by Gasteiger charge is -2.45. The number of hydrogen-bond donors (Lipinski definition) is 2. The number of amides is 1. The van der Waals surface area contributed by atoms with Gasteiger partial charge in [0.15, 0.2) is 0 Å². The summed E-state index contributed by atoms with van der Waals surface area (Å²) in [5.74, 6) is 0.757. The van der Waals surface area contributed by atoms with Crippen LogP contribution in [0.1, 0.15) is 32.6 Å². The summed E-state index contributed by atoms with van der Waals surface area (Å²) in [6.07, 6.45) is 4.54. The molecule has 22 heavy (non-hydrogen) atoms. The number of likely N-dealkylation sites (N-methyl/N-ethyl adjacent to an activating group) is 1. The number of halogens is 2. The highest BCUT2D eigenvalue weighted by Gasteiger charge is 2.37. The zero-order valence-electron chi connectivity index (χ0n) is 13.9. The van der Waals surface area contributed by atoms with Crippen molar-refractivity contribution >= 4 is 30.7 Å². The third kappa shape index (κ3) is 5.53. The third-order valence-corrected chi connectivity index (χ3v) is 4.83. The fourth-order valence-corrected chi connectivity index (χ4v) is 3.46. The predicted molar refractivity (Wildman–Crippen MR) is 94.2 cm³/mol. The summed E-state index contributed by atoms with van der Waals surface area (Å²) in [4.78, 5) is 14.5. The van der Waals surface area contributed by atoms with Crippen molar-refractivity contribution in [2.24, 2.45) is 5.92 Å². The van der Waals surface area contributed by atoms with E-state index in [1.807, 2.05) is 0 Å². The molecule has 3 atom stereocenters. The second-order valence-electron chi connectivity index (χ2n) is 6.60. The summed E-state index contributed by atoms with van der Waals surface area (Å²) < 4.78 is 5.51. The number of carbonyl (C=O) groups excluding carboxylic acids is 1. The average molecular weight is 356 g/mol. The van der Waals surface area contributed by atoms with E-state index in [1.165, 1.54) is 12.8 Å². The van der Waals surface area contributed by atoms with E-state index in [2.05, 4.69) is 36.6 Å². The van der Waals surface area contributed by atoms with Crippen LogP contribution in [0, 0.1) is 5.92 Å². The van der Waals surface area contributed by atoms with Crippen molar-refractivity contribution in [1.82, 2.24) is 15.5 Å². The SMILES string of the molecule is CC1CCCC(CNC(=O)C2CNCCO2)(N(C)C)C1.Cl.Cl. The minimum atomic E-state index is -0.330. The Morgan fingerprint density at radius 3 is 2.68 bits per heavy atom. The van der Waals surface area contributed by atoms with E-state index in [4.69, 9.17) is 4.74 Å². The van der Waals surface area contributed by atoms with Crippen LogP contribution in [0.3, 0.4) is 0 Å². The maximum absolute atomic E-state index is 12.2. The lowest BCUT2D eigenvalue weighted by atomic mass is 9.75. The molecule has 7 heteroatoms. The smallest absolute Gasteiger partial charge is 0.250 e. The number of morpholine rings is 1. The Morgan fingerprint density at radius 1 is 1.41 bits per heavy atom.